The summed E-state index contributed by atoms with van der Waals surface area (Å²) in [5.74, 6) is 5.26. The van der Waals surface area contributed by atoms with Crippen molar-refractivity contribution in [3.05, 3.63) is 0 Å². The van der Waals surface area contributed by atoms with Gasteiger partial charge in [-0.1, -0.05) is 6.92 Å². The Hall–Kier alpha value is -0.530. The first-order chi connectivity index (χ1) is 6.15. The number of ether oxygens (including phenoxy) is 1. The third kappa shape index (κ3) is 0.247. The maximum absolute atomic E-state index is 11.0. The number of hydrogen-bond donors (Lipinski definition) is 0. The number of hydrogen-bond acceptors (Lipinski definition) is 2. The highest BCUT2D eigenvalue weighted by Crippen LogP contribution is 3.07. The minimum atomic E-state index is -0.0548. The summed E-state index contributed by atoms with van der Waals surface area (Å²) in [4.78, 5) is 11.0. The first-order valence-corrected chi connectivity index (χ1v) is 5.34. The molecule has 0 spiro atoms. The molecule has 0 saturated heterocycles. The maximum Gasteiger partial charge on any atom is 0.303 e. The van der Waals surface area contributed by atoms with Gasteiger partial charge in [-0.2, -0.15) is 0 Å². The molecule has 68 valence electrons. The van der Waals surface area contributed by atoms with Crippen molar-refractivity contribution in [2.24, 2.45) is 40.9 Å². The summed E-state index contributed by atoms with van der Waals surface area (Å²) in [6, 6.07) is 0. The van der Waals surface area contributed by atoms with Gasteiger partial charge in [0.2, 0.25) is 0 Å². The van der Waals surface area contributed by atoms with Crippen molar-refractivity contribution in [3.8, 4) is 0 Å². The predicted octanol–water partition coefficient (Wildman–Crippen LogP) is 1.06. The molecule has 0 aromatic rings. The zero-order valence-corrected chi connectivity index (χ0v) is 7.78. The van der Waals surface area contributed by atoms with E-state index in [1.807, 2.05) is 0 Å². The molecule has 6 saturated carbocycles. The zero-order chi connectivity index (χ0) is 8.75. The van der Waals surface area contributed by atoms with Crippen molar-refractivity contribution < 1.29 is 9.53 Å². The zero-order valence-electron chi connectivity index (χ0n) is 7.78. The van der Waals surface area contributed by atoms with E-state index in [9.17, 15) is 4.79 Å². The summed E-state index contributed by atoms with van der Waals surface area (Å²) >= 11 is 0. The van der Waals surface area contributed by atoms with Crippen LogP contribution in [0.25, 0.3) is 0 Å². The molecule has 0 aromatic carbocycles. The van der Waals surface area contributed by atoms with Gasteiger partial charge in [0.15, 0.2) is 0 Å². The molecule has 0 aliphatic heterocycles. The van der Waals surface area contributed by atoms with E-state index in [1.165, 1.54) is 0 Å². The summed E-state index contributed by atoms with van der Waals surface area (Å²) < 4.78 is 5.56. The molecule has 2 nitrogen and oxygen atoms in total. The third-order valence-electron chi connectivity index (χ3n) is 6.36. The average molecular weight is 176 g/mol. The second-order valence-corrected chi connectivity index (χ2v) is 5.97. The summed E-state index contributed by atoms with van der Waals surface area (Å²) in [5.41, 5.74) is 0.853. The molecule has 6 aliphatic carbocycles. The lowest BCUT2D eigenvalue weighted by Gasteiger charge is -3.09. The van der Waals surface area contributed by atoms with Crippen LogP contribution in [0.2, 0.25) is 0 Å². The molecule has 13 heavy (non-hydrogen) atoms. The maximum atomic E-state index is 11.0. The second kappa shape index (κ2) is 1.12. The van der Waals surface area contributed by atoms with Crippen molar-refractivity contribution >= 4 is 5.97 Å². The molecule has 0 radical (unpaired) electrons. The molecule has 0 heterocycles. The van der Waals surface area contributed by atoms with E-state index in [-0.39, 0.29) is 11.6 Å². The molecule has 6 rings (SSSR count). The fourth-order valence-corrected chi connectivity index (χ4v) is 6.42. The molecule has 2 heteroatoms. The van der Waals surface area contributed by atoms with Gasteiger partial charge in [-0.05, 0) is 23.2 Å². The Morgan fingerprint density at radius 1 is 1.08 bits per heavy atom. The number of rotatable bonds is 1. The van der Waals surface area contributed by atoms with Gasteiger partial charge in [0.05, 0.1) is 0 Å². The van der Waals surface area contributed by atoms with Crippen molar-refractivity contribution in [1.29, 1.82) is 0 Å². The van der Waals surface area contributed by atoms with Gasteiger partial charge in [0.25, 0.3) is 0 Å². The van der Waals surface area contributed by atoms with Gasteiger partial charge < -0.3 is 4.74 Å². The number of carbonyl (C=O) groups excluding carboxylic acids is 1. The lowest BCUT2D eigenvalue weighted by Crippen LogP contribution is -3.12. The van der Waals surface area contributed by atoms with Crippen molar-refractivity contribution in [3.63, 3.8) is 0 Å². The van der Waals surface area contributed by atoms with E-state index in [0.717, 1.165) is 40.9 Å². The highest BCUT2D eigenvalue weighted by atomic mass is 16.6. The van der Waals surface area contributed by atoms with Crippen molar-refractivity contribution in [2.45, 2.75) is 19.4 Å². The van der Waals surface area contributed by atoms with E-state index < -0.39 is 0 Å². The first kappa shape index (κ1) is 6.05. The number of esters is 1. The first-order valence-electron chi connectivity index (χ1n) is 5.34. The molecule has 0 bridgehead atoms. The van der Waals surface area contributed by atoms with Crippen LogP contribution in [-0.2, 0) is 9.53 Å². The lowest BCUT2D eigenvalue weighted by atomic mass is 8.95. The molecule has 0 unspecified atom stereocenters. The Bertz CT molecular complexity index is 330. The summed E-state index contributed by atoms with van der Waals surface area (Å²) in [5, 5.41) is 0. The highest BCUT2D eigenvalue weighted by Gasteiger charge is 3.10. The van der Waals surface area contributed by atoms with E-state index in [2.05, 4.69) is 6.92 Å². The summed E-state index contributed by atoms with van der Waals surface area (Å²) in [6.07, 6.45) is 0. The van der Waals surface area contributed by atoms with Crippen LogP contribution in [-0.4, -0.2) is 11.6 Å². The Labute approximate surface area is 76.6 Å². The van der Waals surface area contributed by atoms with Crippen LogP contribution in [0.5, 0.6) is 0 Å². The molecular formula is C11H12O2. The summed E-state index contributed by atoms with van der Waals surface area (Å²) in [6.45, 7) is 4.01. The molecule has 6 fully saturated rings. The third-order valence-corrected chi connectivity index (χ3v) is 6.36. The fraction of sp³-hybridized carbons (Fsp3) is 0.909. The normalized spacial score (nSPS) is 82.0. The average Bonchev–Trinajstić information content (AvgIpc) is 2.10. The Kier molecular flexibility index (Phi) is 0.522. The fourth-order valence-electron chi connectivity index (χ4n) is 6.42. The Morgan fingerprint density at radius 3 is 1.92 bits per heavy atom. The van der Waals surface area contributed by atoms with Crippen molar-refractivity contribution in [2.75, 3.05) is 0 Å². The summed E-state index contributed by atoms with van der Waals surface area (Å²) in [7, 11) is 0. The topological polar surface area (TPSA) is 26.3 Å². The molecule has 0 atom stereocenters. The second-order valence-electron chi connectivity index (χ2n) is 5.97. The van der Waals surface area contributed by atoms with Crippen LogP contribution >= 0.6 is 0 Å². The Morgan fingerprint density at radius 2 is 1.54 bits per heavy atom. The SMILES string of the molecule is CC(=O)OC12C3C4C1C1C2C3C41C. The Balaban J connectivity index is 1.59. The van der Waals surface area contributed by atoms with E-state index in [0.29, 0.717) is 0 Å². The highest BCUT2D eigenvalue weighted by molar-refractivity contribution is 5.70. The van der Waals surface area contributed by atoms with Crippen molar-refractivity contribution in [1.82, 2.24) is 0 Å². The minimum Gasteiger partial charge on any atom is -0.458 e. The molecule has 0 amide bonds. The van der Waals surface area contributed by atoms with Crippen LogP contribution in [0.15, 0.2) is 0 Å². The quantitative estimate of drug-likeness (QED) is 0.558. The smallest absolute Gasteiger partial charge is 0.303 e. The van der Waals surface area contributed by atoms with Gasteiger partial charge in [-0.25, -0.2) is 0 Å². The van der Waals surface area contributed by atoms with Crippen LogP contribution in [0.1, 0.15) is 13.8 Å². The van der Waals surface area contributed by atoms with Crippen LogP contribution in [0.4, 0.5) is 0 Å². The predicted molar refractivity (Wildman–Crippen MR) is 43.5 cm³/mol. The van der Waals surface area contributed by atoms with E-state index in [4.69, 9.17) is 4.74 Å². The number of carbonyl (C=O) groups is 1. The van der Waals surface area contributed by atoms with Crippen LogP contribution in [0.3, 0.4) is 0 Å². The molecule has 0 aromatic heterocycles. The van der Waals surface area contributed by atoms with Gasteiger partial charge in [0.1, 0.15) is 5.60 Å². The molecule has 6 aliphatic rings. The standard InChI is InChI=1S/C11H12O2/c1-3(12)13-11-7-4-8(11)6-9(11)5(7)10(4,6)2/h4-9H,1-2H3. The minimum absolute atomic E-state index is 0.0548. The van der Waals surface area contributed by atoms with E-state index in [1.54, 1.807) is 6.92 Å². The molecular weight excluding hydrogens is 164 g/mol. The largest absolute Gasteiger partial charge is 0.458 e. The monoisotopic (exact) mass is 176 g/mol. The molecule has 0 N–H and O–H groups in total. The van der Waals surface area contributed by atoms with Crippen LogP contribution in [0, 0.1) is 40.9 Å². The lowest BCUT2D eigenvalue weighted by molar-refractivity contribution is -0.655. The van der Waals surface area contributed by atoms with Gasteiger partial charge in [-0.15, -0.1) is 0 Å². The van der Waals surface area contributed by atoms with Crippen LogP contribution < -0.4 is 0 Å². The van der Waals surface area contributed by atoms with E-state index >= 15 is 0 Å². The van der Waals surface area contributed by atoms with Gasteiger partial charge in [-0.3, -0.25) is 4.79 Å². The van der Waals surface area contributed by atoms with Gasteiger partial charge in [0, 0.05) is 24.7 Å². The van der Waals surface area contributed by atoms with Gasteiger partial charge >= 0.3 is 5.97 Å².